The molecule has 0 radical (unpaired) electrons. The van der Waals surface area contributed by atoms with Crippen molar-refractivity contribution in [1.82, 2.24) is 0 Å². The third-order valence-electron chi connectivity index (χ3n) is 2.25. The predicted molar refractivity (Wildman–Crippen MR) is 53.6 cm³/mol. The molecule has 1 nitrogen and oxygen atoms in total. The maximum absolute atomic E-state index is 5.56. The molecule has 0 amide bonds. The fourth-order valence-corrected chi connectivity index (χ4v) is 1.56. The first-order chi connectivity index (χ1) is 5.70. The van der Waals surface area contributed by atoms with Crippen molar-refractivity contribution in [1.29, 1.82) is 0 Å². The average Bonchev–Trinajstić information content (AvgIpc) is 2.05. The Morgan fingerprint density at radius 2 is 2.50 bits per heavy atom. The summed E-state index contributed by atoms with van der Waals surface area (Å²) in [6.07, 6.45) is 9.82. The van der Waals surface area contributed by atoms with Crippen LogP contribution in [0, 0.1) is 5.92 Å². The molecule has 12 heavy (non-hydrogen) atoms. The molecule has 1 aliphatic carbocycles. The molecule has 0 aromatic carbocycles. The molecule has 0 bridgehead atoms. The van der Waals surface area contributed by atoms with Gasteiger partial charge in [-0.2, -0.15) is 0 Å². The van der Waals surface area contributed by atoms with Gasteiger partial charge in [0.05, 0.1) is 0 Å². The molecule has 1 rings (SSSR count). The van der Waals surface area contributed by atoms with E-state index in [9.17, 15) is 0 Å². The normalized spacial score (nSPS) is 18.6. The Morgan fingerprint density at radius 3 is 3.00 bits per heavy atom. The second kappa shape index (κ2) is 4.15. The van der Waals surface area contributed by atoms with E-state index in [0.717, 1.165) is 12.1 Å². The summed E-state index contributed by atoms with van der Waals surface area (Å²) in [6, 6.07) is 0. The number of hydrogen-bond donors (Lipinski definition) is 1. The van der Waals surface area contributed by atoms with Crippen LogP contribution in [-0.4, -0.2) is 0 Å². The van der Waals surface area contributed by atoms with Crippen LogP contribution in [0.4, 0.5) is 0 Å². The zero-order valence-electron chi connectivity index (χ0n) is 7.72. The minimum Gasteiger partial charge on any atom is -0.402 e. The van der Waals surface area contributed by atoms with Crippen molar-refractivity contribution in [3.05, 3.63) is 36.1 Å². The quantitative estimate of drug-likeness (QED) is 0.680. The molecular formula is C11H17N. The van der Waals surface area contributed by atoms with Crippen molar-refractivity contribution >= 4 is 0 Å². The van der Waals surface area contributed by atoms with Crippen LogP contribution < -0.4 is 5.73 Å². The van der Waals surface area contributed by atoms with Crippen molar-refractivity contribution in [2.75, 3.05) is 0 Å². The molecule has 1 heteroatoms. The van der Waals surface area contributed by atoms with Crippen molar-refractivity contribution in [2.45, 2.75) is 26.2 Å². The largest absolute Gasteiger partial charge is 0.402 e. The highest BCUT2D eigenvalue weighted by molar-refractivity contribution is 5.20. The molecule has 66 valence electrons. The van der Waals surface area contributed by atoms with Crippen LogP contribution >= 0.6 is 0 Å². The third-order valence-corrected chi connectivity index (χ3v) is 2.25. The van der Waals surface area contributed by atoms with E-state index in [1.807, 2.05) is 0 Å². The van der Waals surface area contributed by atoms with E-state index in [1.165, 1.54) is 18.4 Å². The van der Waals surface area contributed by atoms with Gasteiger partial charge in [0.25, 0.3) is 0 Å². The summed E-state index contributed by atoms with van der Waals surface area (Å²) in [5.41, 5.74) is 7.85. The topological polar surface area (TPSA) is 26.0 Å². The molecule has 1 aliphatic rings. The Kier molecular flexibility index (Phi) is 3.15. The average molecular weight is 163 g/mol. The molecule has 0 aliphatic heterocycles. The fourth-order valence-electron chi connectivity index (χ4n) is 1.56. The molecule has 0 fully saturated rings. The highest BCUT2D eigenvalue weighted by Crippen LogP contribution is 2.23. The van der Waals surface area contributed by atoms with E-state index in [0.29, 0.717) is 5.92 Å². The summed E-state index contributed by atoms with van der Waals surface area (Å²) >= 11 is 0. The van der Waals surface area contributed by atoms with Gasteiger partial charge in [-0.3, -0.25) is 0 Å². The van der Waals surface area contributed by atoms with Gasteiger partial charge in [-0.1, -0.05) is 37.3 Å². The smallest absolute Gasteiger partial charge is 0.00133 e. The van der Waals surface area contributed by atoms with Crippen LogP contribution in [0.15, 0.2) is 36.1 Å². The Bertz CT molecular complexity index is 223. The second-order valence-corrected chi connectivity index (χ2v) is 3.47. The second-order valence-electron chi connectivity index (χ2n) is 3.47. The molecule has 0 saturated carbocycles. The summed E-state index contributed by atoms with van der Waals surface area (Å²) in [5, 5.41) is 0. The van der Waals surface area contributed by atoms with Gasteiger partial charge in [-0.05, 0) is 25.2 Å². The summed E-state index contributed by atoms with van der Waals surface area (Å²) < 4.78 is 0. The zero-order chi connectivity index (χ0) is 8.97. The van der Waals surface area contributed by atoms with Crippen LogP contribution in [0.1, 0.15) is 26.2 Å². The van der Waals surface area contributed by atoms with Crippen LogP contribution in [0.2, 0.25) is 0 Å². The molecule has 1 unspecified atom stereocenters. The first-order valence-corrected chi connectivity index (χ1v) is 4.49. The van der Waals surface area contributed by atoms with E-state index in [4.69, 9.17) is 5.73 Å². The minimum atomic E-state index is 0.562. The van der Waals surface area contributed by atoms with E-state index in [1.54, 1.807) is 0 Å². The van der Waals surface area contributed by atoms with Crippen LogP contribution in [0.25, 0.3) is 0 Å². The summed E-state index contributed by atoms with van der Waals surface area (Å²) in [5.74, 6) is 0.562. The van der Waals surface area contributed by atoms with E-state index < -0.39 is 0 Å². The first kappa shape index (κ1) is 9.11. The van der Waals surface area contributed by atoms with Gasteiger partial charge in [0.2, 0.25) is 0 Å². The number of rotatable bonds is 3. The van der Waals surface area contributed by atoms with E-state index in [-0.39, 0.29) is 0 Å². The zero-order valence-corrected chi connectivity index (χ0v) is 7.72. The van der Waals surface area contributed by atoms with Crippen LogP contribution in [0.5, 0.6) is 0 Å². The van der Waals surface area contributed by atoms with Crippen LogP contribution in [0.3, 0.4) is 0 Å². The van der Waals surface area contributed by atoms with E-state index in [2.05, 4.69) is 31.7 Å². The highest BCUT2D eigenvalue weighted by atomic mass is 14.6. The van der Waals surface area contributed by atoms with Crippen molar-refractivity contribution < 1.29 is 0 Å². The molecule has 0 spiro atoms. The van der Waals surface area contributed by atoms with Gasteiger partial charge < -0.3 is 5.73 Å². The van der Waals surface area contributed by atoms with Gasteiger partial charge in [0.15, 0.2) is 0 Å². The number of allylic oxidation sites excluding steroid dienone is 5. The highest BCUT2D eigenvalue weighted by Gasteiger charge is 2.09. The SMILES string of the molecule is C=C(N)CC(C)C1=CC=CCC1. The summed E-state index contributed by atoms with van der Waals surface area (Å²) in [4.78, 5) is 0. The Hall–Kier alpha value is -0.980. The van der Waals surface area contributed by atoms with Gasteiger partial charge in [-0.25, -0.2) is 0 Å². The van der Waals surface area contributed by atoms with Gasteiger partial charge >= 0.3 is 0 Å². The Morgan fingerprint density at radius 1 is 1.75 bits per heavy atom. The van der Waals surface area contributed by atoms with E-state index >= 15 is 0 Å². The molecule has 1 atom stereocenters. The van der Waals surface area contributed by atoms with Crippen molar-refractivity contribution in [3.8, 4) is 0 Å². The minimum absolute atomic E-state index is 0.562. The first-order valence-electron chi connectivity index (χ1n) is 4.49. The lowest BCUT2D eigenvalue weighted by Crippen LogP contribution is -2.06. The lowest BCUT2D eigenvalue weighted by Gasteiger charge is -2.16. The van der Waals surface area contributed by atoms with Crippen molar-refractivity contribution in [3.63, 3.8) is 0 Å². The molecular weight excluding hydrogens is 146 g/mol. The molecule has 0 aromatic rings. The van der Waals surface area contributed by atoms with Gasteiger partial charge in [0, 0.05) is 5.70 Å². The van der Waals surface area contributed by atoms with Crippen molar-refractivity contribution in [2.24, 2.45) is 11.7 Å². The Labute approximate surface area is 74.7 Å². The monoisotopic (exact) mass is 163 g/mol. The number of hydrogen-bond acceptors (Lipinski definition) is 1. The summed E-state index contributed by atoms with van der Waals surface area (Å²) in [6.45, 7) is 5.93. The molecule has 2 N–H and O–H groups in total. The molecule has 0 saturated heterocycles. The summed E-state index contributed by atoms with van der Waals surface area (Å²) in [7, 11) is 0. The maximum Gasteiger partial charge on any atom is 0.00133 e. The predicted octanol–water partition coefficient (Wildman–Crippen LogP) is 2.76. The molecule has 0 heterocycles. The van der Waals surface area contributed by atoms with Gasteiger partial charge in [0.1, 0.15) is 0 Å². The van der Waals surface area contributed by atoms with Crippen LogP contribution in [-0.2, 0) is 0 Å². The third kappa shape index (κ3) is 2.57. The standard InChI is InChI=1S/C11H17N/c1-9(8-10(2)12)11-6-4-3-5-7-11/h3-4,6,9H,2,5,7-8,12H2,1H3. The number of nitrogens with two attached hydrogens (primary N) is 1. The molecule has 0 aromatic heterocycles. The fraction of sp³-hybridized carbons (Fsp3) is 0.455. The maximum atomic E-state index is 5.56. The Balaban J connectivity index is 2.51. The van der Waals surface area contributed by atoms with Gasteiger partial charge in [-0.15, -0.1) is 0 Å². The lowest BCUT2D eigenvalue weighted by molar-refractivity contribution is 0.633. The lowest BCUT2D eigenvalue weighted by atomic mass is 9.90.